The molecule has 0 spiro atoms. The van der Waals surface area contributed by atoms with Crippen LogP contribution in [0.15, 0.2) is 29.2 Å². The highest BCUT2D eigenvalue weighted by atomic mass is 32.2. The van der Waals surface area contributed by atoms with Gasteiger partial charge in [0.05, 0.1) is 4.90 Å². The van der Waals surface area contributed by atoms with Gasteiger partial charge in [-0.15, -0.1) is 0 Å². The first kappa shape index (κ1) is 13.9. The summed E-state index contributed by atoms with van der Waals surface area (Å²) in [6, 6.07) is 6.22. The Labute approximate surface area is 116 Å². The number of aryl methyl sites for hydroxylation is 1. The maximum Gasteiger partial charge on any atom is 0.238 e. The first-order valence-electron chi connectivity index (χ1n) is 5.73. The van der Waals surface area contributed by atoms with Gasteiger partial charge in [0, 0.05) is 12.1 Å². The molecule has 1 heterocycles. The molecule has 1 aromatic carbocycles. The highest BCUT2D eigenvalue weighted by Crippen LogP contribution is 2.15. The molecule has 8 heteroatoms. The third-order valence-corrected chi connectivity index (χ3v) is 3.84. The number of nitrogens with one attached hydrogen (secondary N) is 1. The number of nitrogens with zero attached hydrogens (tertiary/aromatic N) is 2. The SMILES string of the molecule is CCCc1n[nH]c(=S)n1-c1ccc(S(N)(=O)=O)cc1. The third kappa shape index (κ3) is 2.91. The van der Waals surface area contributed by atoms with Crippen LogP contribution in [-0.4, -0.2) is 23.2 Å². The maximum absolute atomic E-state index is 11.2. The predicted molar refractivity (Wildman–Crippen MR) is 74.1 cm³/mol. The van der Waals surface area contributed by atoms with E-state index < -0.39 is 10.0 Å². The van der Waals surface area contributed by atoms with Gasteiger partial charge in [-0.2, -0.15) is 5.10 Å². The standard InChI is InChI=1S/C11H14N4O2S2/c1-2-3-10-13-14-11(18)15(10)8-4-6-9(7-5-8)19(12,16)17/h4-7H,2-3H2,1H3,(H,14,18)(H2,12,16,17). The molecule has 2 aromatic rings. The van der Waals surface area contributed by atoms with Gasteiger partial charge < -0.3 is 0 Å². The number of aromatic amines is 1. The van der Waals surface area contributed by atoms with Crippen LogP contribution in [0, 0.1) is 4.77 Å². The third-order valence-electron chi connectivity index (χ3n) is 2.64. The molecule has 2 rings (SSSR count). The van der Waals surface area contributed by atoms with E-state index in [1.807, 2.05) is 6.92 Å². The maximum atomic E-state index is 11.2. The Kier molecular flexibility index (Phi) is 3.83. The highest BCUT2D eigenvalue weighted by molar-refractivity contribution is 7.89. The van der Waals surface area contributed by atoms with Gasteiger partial charge in [0.2, 0.25) is 10.0 Å². The molecule has 0 fully saturated rings. The van der Waals surface area contributed by atoms with Crippen molar-refractivity contribution in [2.45, 2.75) is 24.7 Å². The van der Waals surface area contributed by atoms with Crippen molar-refractivity contribution in [2.24, 2.45) is 5.14 Å². The predicted octanol–water partition coefficient (Wildman–Crippen LogP) is 1.53. The number of rotatable bonds is 4. The van der Waals surface area contributed by atoms with E-state index in [0.29, 0.717) is 4.77 Å². The lowest BCUT2D eigenvalue weighted by atomic mass is 10.3. The van der Waals surface area contributed by atoms with Gasteiger partial charge in [-0.1, -0.05) is 6.92 Å². The number of sulfonamides is 1. The molecule has 0 amide bonds. The molecule has 0 atom stereocenters. The van der Waals surface area contributed by atoms with Crippen LogP contribution in [0.4, 0.5) is 0 Å². The van der Waals surface area contributed by atoms with Crippen LogP contribution >= 0.6 is 12.2 Å². The number of primary sulfonamides is 1. The van der Waals surface area contributed by atoms with Gasteiger partial charge in [-0.25, -0.2) is 13.6 Å². The van der Waals surface area contributed by atoms with Crippen LogP contribution < -0.4 is 5.14 Å². The normalized spacial score (nSPS) is 11.7. The van der Waals surface area contributed by atoms with E-state index in [2.05, 4.69) is 10.2 Å². The van der Waals surface area contributed by atoms with Crippen LogP contribution in [-0.2, 0) is 16.4 Å². The molecule has 3 N–H and O–H groups in total. The van der Waals surface area contributed by atoms with Gasteiger partial charge in [0.1, 0.15) is 5.82 Å². The van der Waals surface area contributed by atoms with E-state index in [0.717, 1.165) is 24.4 Å². The largest absolute Gasteiger partial charge is 0.272 e. The van der Waals surface area contributed by atoms with Crippen LogP contribution in [0.1, 0.15) is 19.2 Å². The molecule has 19 heavy (non-hydrogen) atoms. The molecule has 6 nitrogen and oxygen atoms in total. The van der Waals surface area contributed by atoms with Crippen molar-refractivity contribution < 1.29 is 8.42 Å². The Bertz CT molecular complexity index is 729. The van der Waals surface area contributed by atoms with E-state index in [4.69, 9.17) is 17.4 Å². The second-order valence-corrected chi connectivity index (χ2v) is 6.02. The topological polar surface area (TPSA) is 93.8 Å². The van der Waals surface area contributed by atoms with Crippen LogP contribution in [0.25, 0.3) is 5.69 Å². The summed E-state index contributed by atoms with van der Waals surface area (Å²) in [5, 5.41) is 12.0. The quantitative estimate of drug-likeness (QED) is 0.837. The minimum Gasteiger partial charge on any atom is -0.272 e. The van der Waals surface area contributed by atoms with Crippen molar-refractivity contribution in [1.29, 1.82) is 0 Å². The fourth-order valence-corrected chi connectivity index (χ4v) is 2.54. The van der Waals surface area contributed by atoms with Crippen molar-refractivity contribution in [3.8, 4) is 5.69 Å². The van der Waals surface area contributed by atoms with Crippen molar-refractivity contribution >= 4 is 22.2 Å². The number of hydrogen-bond acceptors (Lipinski definition) is 4. The summed E-state index contributed by atoms with van der Waals surface area (Å²) in [4.78, 5) is 0.0725. The van der Waals surface area contributed by atoms with Crippen LogP contribution in [0.5, 0.6) is 0 Å². The molecular weight excluding hydrogens is 284 g/mol. The molecule has 0 saturated heterocycles. The van der Waals surface area contributed by atoms with Crippen LogP contribution in [0.2, 0.25) is 0 Å². The van der Waals surface area contributed by atoms with Gasteiger partial charge in [-0.05, 0) is 42.9 Å². The lowest BCUT2D eigenvalue weighted by Gasteiger charge is -2.06. The molecule has 0 radical (unpaired) electrons. The van der Waals surface area contributed by atoms with Gasteiger partial charge in [0.15, 0.2) is 4.77 Å². The van der Waals surface area contributed by atoms with Gasteiger partial charge in [-0.3, -0.25) is 9.67 Å². The summed E-state index contributed by atoms with van der Waals surface area (Å²) in [6.45, 7) is 2.05. The van der Waals surface area contributed by atoms with Crippen molar-refractivity contribution in [3.63, 3.8) is 0 Å². The van der Waals surface area contributed by atoms with Crippen LogP contribution in [0.3, 0.4) is 0 Å². The zero-order valence-corrected chi connectivity index (χ0v) is 12.0. The lowest BCUT2D eigenvalue weighted by Crippen LogP contribution is -2.12. The van der Waals surface area contributed by atoms with Crippen molar-refractivity contribution in [1.82, 2.24) is 14.8 Å². The van der Waals surface area contributed by atoms with E-state index >= 15 is 0 Å². The summed E-state index contributed by atoms with van der Waals surface area (Å²) in [5.74, 6) is 0.816. The summed E-state index contributed by atoms with van der Waals surface area (Å²) in [7, 11) is -3.68. The number of aromatic nitrogens is 3. The van der Waals surface area contributed by atoms with Gasteiger partial charge in [0.25, 0.3) is 0 Å². The summed E-state index contributed by atoms with van der Waals surface area (Å²) < 4.78 is 24.7. The van der Waals surface area contributed by atoms with E-state index in [1.54, 1.807) is 16.7 Å². The molecule has 102 valence electrons. The Morgan fingerprint density at radius 3 is 2.53 bits per heavy atom. The monoisotopic (exact) mass is 298 g/mol. The summed E-state index contributed by atoms with van der Waals surface area (Å²) >= 11 is 5.18. The molecule has 0 unspecified atom stereocenters. The Morgan fingerprint density at radius 1 is 1.37 bits per heavy atom. The van der Waals surface area contributed by atoms with E-state index in [1.165, 1.54) is 12.1 Å². The number of H-pyrrole nitrogens is 1. The fraction of sp³-hybridized carbons (Fsp3) is 0.273. The first-order chi connectivity index (χ1) is 8.93. The smallest absolute Gasteiger partial charge is 0.238 e. The lowest BCUT2D eigenvalue weighted by molar-refractivity contribution is 0.598. The van der Waals surface area contributed by atoms with Gasteiger partial charge >= 0.3 is 0 Å². The summed E-state index contributed by atoms with van der Waals surface area (Å²) in [6.07, 6.45) is 1.72. The Morgan fingerprint density at radius 2 is 2.00 bits per heavy atom. The van der Waals surface area contributed by atoms with E-state index in [-0.39, 0.29) is 4.90 Å². The average molecular weight is 298 g/mol. The Balaban J connectivity index is 2.49. The summed E-state index contributed by atoms with van der Waals surface area (Å²) in [5.41, 5.74) is 0.759. The number of nitrogens with two attached hydrogens (primary N) is 1. The number of hydrogen-bond donors (Lipinski definition) is 2. The fourth-order valence-electron chi connectivity index (χ4n) is 1.77. The zero-order valence-electron chi connectivity index (χ0n) is 10.3. The molecular formula is C11H14N4O2S2. The second-order valence-electron chi connectivity index (χ2n) is 4.07. The first-order valence-corrected chi connectivity index (χ1v) is 7.68. The molecule has 0 saturated carbocycles. The average Bonchev–Trinajstić information content (AvgIpc) is 2.70. The van der Waals surface area contributed by atoms with E-state index in [9.17, 15) is 8.42 Å². The van der Waals surface area contributed by atoms with Crippen molar-refractivity contribution in [2.75, 3.05) is 0 Å². The highest BCUT2D eigenvalue weighted by Gasteiger charge is 2.10. The van der Waals surface area contributed by atoms with Crippen molar-refractivity contribution in [3.05, 3.63) is 34.9 Å². The number of benzene rings is 1. The molecule has 0 bridgehead atoms. The second kappa shape index (κ2) is 5.24. The Hall–Kier alpha value is -1.51. The molecule has 1 aromatic heterocycles. The molecule has 0 aliphatic rings. The molecule has 0 aliphatic carbocycles. The minimum atomic E-state index is -3.68. The molecule has 0 aliphatic heterocycles. The minimum absolute atomic E-state index is 0.0725. The zero-order chi connectivity index (χ0) is 14.0.